The molecule has 14 heavy (non-hydrogen) atoms. The maximum atomic E-state index is 11.2. The van der Waals surface area contributed by atoms with Gasteiger partial charge in [0, 0.05) is 6.04 Å². The van der Waals surface area contributed by atoms with Gasteiger partial charge in [0.15, 0.2) is 0 Å². The van der Waals surface area contributed by atoms with Crippen molar-refractivity contribution in [3.63, 3.8) is 0 Å². The van der Waals surface area contributed by atoms with Gasteiger partial charge in [0.25, 0.3) is 0 Å². The lowest BCUT2D eigenvalue weighted by atomic mass is 10.3. The fourth-order valence-electron chi connectivity index (χ4n) is 1.74. The highest BCUT2D eigenvalue weighted by Gasteiger charge is 2.23. The summed E-state index contributed by atoms with van der Waals surface area (Å²) in [5.41, 5.74) is 2.75. The molecule has 0 bridgehead atoms. The SMILES string of the molecule is O=C(CNOC1CCCC1)NC1CC1. The molecule has 2 aliphatic carbocycles. The topological polar surface area (TPSA) is 50.4 Å². The van der Waals surface area contributed by atoms with Gasteiger partial charge in [-0.15, -0.1) is 0 Å². The number of rotatable bonds is 5. The van der Waals surface area contributed by atoms with E-state index in [-0.39, 0.29) is 12.5 Å². The third-order valence-electron chi connectivity index (χ3n) is 2.73. The van der Waals surface area contributed by atoms with Gasteiger partial charge in [-0.05, 0) is 25.7 Å². The molecule has 2 fully saturated rings. The van der Waals surface area contributed by atoms with Crippen LogP contribution < -0.4 is 10.8 Å². The number of hydrogen-bond donors (Lipinski definition) is 2. The number of nitrogens with one attached hydrogen (secondary N) is 2. The van der Waals surface area contributed by atoms with Gasteiger partial charge in [0.05, 0.1) is 12.6 Å². The van der Waals surface area contributed by atoms with Gasteiger partial charge >= 0.3 is 0 Å². The van der Waals surface area contributed by atoms with Crippen molar-refractivity contribution in [2.75, 3.05) is 6.54 Å². The molecule has 1 amide bonds. The van der Waals surface area contributed by atoms with Crippen molar-refractivity contribution < 1.29 is 9.63 Å². The number of carbonyl (C=O) groups excluding carboxylic acids is 1. The molecule has 4 heteroatoms. The summed E-state index contributed by atoms with van der Waals surface area (Å²) in [7, 11) is 0. The van der Waals surface area contributed by atoms with Crippen molar-refractivity contribution in [1.82, 2.24) is 10.8 Å². The molecule has 0 aromatic carbocycles. The molecule has 0 unspecified atom stereocenters. The Morgan fingerprint density at radius 2 is 1.93 bits per heavy atom. The number of carbonyl (C=O) groups is 1. The summed E-state index contributed by atoms with van der Waals surface area (Å²) in [5.74, 6) is 0.0468. The molecular formula is C10H18N2O2. The van der Waals surface area contributed by atoms with Gasteiger partial charge in [-0.3, -0.25) is 9.63 Å². The minimum Gasteiger partial charge on any atom is -0.352 e. The molecule has 80 valence electrons. The van der Waals surface area contributed by atoms with Crippen LogP contribution in [-0.4, -0.2) is 24.6 Å². The lowest BCUT2D eigenvalue weighted by Gasteiger charge is -2.11. The second-order valence-corrected chi connectivity index (χ2v) is 4.19. The van der Waals surface area contributed by atoms with Crippen LogP contribution in [0.1, 0.15) is 38.5 Å². The molecule has 4 nitrogen and oxygen atoms in total. The molecule has 2 rings (SSSR count). The van der Waals surface area contributed by atoms with Crippen LogP contribution in [0.25, 0.3) is 0 Å². The van der Waals surface area contributed by atoms with Gasteiger partial charge in [0.2, 0.25) is 5.91 Å². The first kappa shape index (κ1) is 9.93. The zero-order valence-corrected chi connectivity index (χ0v) is 8.42. The van der Waals surface area contributed by atoms with E-state index in [9.17, 15) is 4.79 Å². The van der Waals surface area contributed by atoms with Gasteiger partial charge in [-0.1, -0.05) is 12.8 Å². The Hall–Kier alpha value is -0.610. The van der Waals surface area contributed by atoms with Gasteiger partial charge in [0.1, 0.15) is 0 Å². The number of hydrogen-bond acceptors (Lipinski definition) is 3. The lowest BCUT2D eigenvalue weighted by molar-refractivity contribution is -0.124. The standard InChI is InChI=1S/C10H18N2O2/c13-10(12-8-5-6-8)7-11-14-9-3-1-2-4-9/h8-9,11H,1-7H2,(H,12,13). The van der Waals surface area contributed by atoms with Crippen LogP contribution in [0.5, 0.6) is 0 Å². The van der Waals surface area contributed by atoms with Gasteiger partial charge in [-0.2, -0.15) is 5.48 Å². The fourth-order valence-corrected chi connectivity index (χ4v) is 1.74. The fraction of sp³-hybridized carbons (Fsp3) is 0.900. The van der Waals surface area contributed by atoms with Crippen LogP contribution in [0.15, 0.2) is 0 Å². The summed E-state index contributed by atoms with van der Waals surface area (Å²) in [6.45, 7) is 0.285. The highest BCUT2D eigenvalue weighted by atomic mass is 16.7. The molecule has 0 aliphatic heterocycles. The predicted molar refractivity (Wildman–Crippen MR) is 52.5 cm³/mol. The number of hydroxylamine groups is 1. The first-order valence-corrected chi connectivity index (χ1v) is 5.52. The van der Waals surface area contributed by atoms with Crippen molar-refractivity contribution in [1.29, 1.82) is 0 Å². The Bertz CT molecular complexity index is 198. The molecule has 0 atom stereocenters. The molecule has 0 heterocycles. The van der Waals surface area contributed by atoms with E-state index in [2.05, 4.69) is 10.8 Å². The molecule has 0 saturated heterocycles. The monoisotopic (exact) mass is 198 g/mol. The normalized spacial score (nSPS) is 22.6. The molecule has 0 radical (unpaired) electrons. The Labute approximate surface area is 84.3 Å². The van der Waals surface area contributed by atoms with E-state index < -0.39 is 0 Å². The van der Waals surface area contributed by atoms with Gasteiger partial charge < -0.3 is 5.32 Å². The molecule has 0 spiro atoms. The summed E-state index contributed by atoms with van der Waals surface area (Å²) < 4.78 is 0. The minimum atomic E-state index is 0.0468. The van der Waals surface area contributed by atoms with Crippen molar-refractivity contribution in [2.45, 2.75) is 50.7 Å². The maximum Gasteiger partial charge on any atom is 0.236 e. The second kappa shape index (κ2) is 4.75. The summed E-state index contributed by atoms with van der Waals surface area (Å²) in [4.78, 5) is 16.6. The van der Waals surface area contributed by atoms with Crippen LogP contribution in [0, 0.1) is 0 Å². The van der Waals surface area contributed by atoms with Crippen LogP contribution >= 0.6 is 0 Å². The van der Waals surface area contributed by atoms with Crippen molar-refractivity contribution in [3.05, 3.63) is 0 Å². The smallest absolute Gasteiger partial charge is 0.236 e. The van der Waals surface area contributed by atoms with Crippen molar-refractivity contribution in [3.8, 4) is 0 Å². The Morgan fingerprint density at radius 3 is 2.57 bits per heavy atom. The summed E-state index contributed by atoms with van der Waals surface area (Å²) in [6, 6.07) is 0.441. The largest absolute Gasteiger partial charge is 0.352 e. The van der Waals surface area contributed by atoms with E-state index in [4.69, 9.17) is 4.84 Å². The molecule has 0 aromatic heterocycles. The van der Waals surface area contributed by atoms with Crippen LogP contribution in [0.2, 0.25) is 0 Å². The molecule has 2 saturated carbocycles. The average molecular weight is 198 g/mol. The molecule has 0 aromatic rings. The minimum absolute atomic E-state index is 0.0468. The van der Waals surface area contributed by atoms with Crippen molar-refractivity contribution >= 4 is 5.91 Å². The zero-order chi connectivity index (χ0) is 9.80. The van der Waals surface area contributed by atoms with Gasteiger partial charge in [-0.25, -0.2) is 0 Å². The highest BCUT2D eigenvalue weighted by Crippen LogP contribution is 2.20. The first-order chi connectivity index (χ1) is 6.84. The Morgan fingerprint density at radius 1 is 1.21 bits per heavy atom. The van der Waals surface area contributed by atoms with E-state index in [1.54, 1.807) is 0 Å². The molecule has 2 N–H and O–H groups in total. The highest BCUT2D eigenvalue weighted by molar-refractivity contribution is 5.78. The summed E-state index contributed by atoms with van der Waals surface area (Å²) >= 11 is 0. The van der Waals surface area contributed by atoms with E-state index in [1.807, 2.05) is 0 Å². The van der Waals surface area contributed by atoms with E-state index in [1.165, 1.54) is 12.8 Å². The third kappa shape index (κ3) is 3.27. The third-order valence-corrected chi connectivity index (χ3v) is 2.73. The average Bonchev–Trinajstić information content (AvgIpc) is 2.82. The predicted octanol–water partition coefficient (Wildman–Crippen LogP) is 0.729. The van der Waals surface area contributed by atoms with Crippen LogP contribution in [-0.2, 0) is 9.63 Å². The van der Waals surface area contributed by atoms with E-state index in [0.29, 0.717) is 12.1 Å². The number of amides is 1. The van der Waals surface area contributed by atoms with Crippen LogP contribution in [0.4, 0.5) is 0 Å². The first-order valence-electron chi connectivity index (χ1n) is 5.52. The second-order valence-electron chi connectivity index (χ2n) is 4.19. The maximum absolute atomic E-state index is 11.2. The Kier molecular flexibility index (Phi) is 3.37. The molecular weight excluding hydrogens is 180 g/mol. The molecule has 2 aliphatic rings. The zero-order valence-electron chi connectivity index (χ0n) is 8.42. The summed E-state index contributed by atoms with van der Waals surface area (Å²) in [5, 5.41) is 2.90. The van der Waals surface area contributed by atoms with Crippen molar-refractivity contribution in [2.24, 2.45) is 0 Å². The quantitative estimate of drug-likeness (QED) is 0.640. The summed E-state index contributed by atoms with van der Waals surface area (Å²) in [6.07, 6.45) is 7.34. The van der Waals surface area contributed by atoms with E-state index in [0.717, 1.165) is 25.7 Å². The lowest BCUT2D eigenvalue weighted by Crippen LogP contribution is -2.36. The van der Waals surface area contributed by atoms with Crippen LogP contribution in [0.3, 0.4) is 0 Å². The Balaban J connectivity index is 1.50. The van der Waals surface area contributed by atoms with E-state index >= 15 is 0 Å².